The number of nitrogens with zero attached hydrogens (tertiary/aromatic N) is 2. The first kappa shape index (κ1) is 25.6. The Labute approximate surface area is 209 Å². The molecule has 1 saturated heterocycles. The quantitative estimate of drug-likeness (QED) is 0.520. The summed E-state index contributed by atoms with van der Waals surface area (Å²) in [4.78, 5) is 18.6. The molecule has 1 aromatic carbocycles. The van der Waals surface area contributed by atoms with Crippen molar-refractivity contribution in [1.82, 2.24) is 9.88 Å². The number of pyridine rings is 1. The minimum atomic E-state index is -2.62. The summed E-state index contributed by atoms with van der Waals surface area (Å²) >= 11 is -2.62. The summed E-state index contributed by atoms with van der Waals surface area (Å²) in [6.07, 6.45) is 3.12. The van der Waals surface area contributed by atoms with Crippen molar-refractivity contribution < 1.29 is 27.2 Å². The Kier molecular flexibility index (Phi) is 7.49. The molecule has 35 heavy (non-hydrogen) atoms. The molecule has 8 nitrogen and oxygen atoms in total. The molecular weight excluding hydrogens is 468 g/mol. The third kappa shape index (κ3) is 6.02. The van der Waals surface area contributed by atoms with Crippen molar-refractivity contribution >= 4 is 17.5 Å². The lowest BCUT2D eigenvalue weighted by Crippen LogP contribution is -2.55. The zero-order valence-corrected chi connectivity index (χ0v) is 21.7. The van der Waals surface area contributed by atoms with E-state index in [1.165, 1.54) is 0 Å². The van der Waals surface area contributed by atoms with Crippen molar-refractivity contribution in [1.29, 1.82) is 0 Å². The normalized spacial score (nSPS) is 21.1. The van der Waals surface area contributed by atoms with E-state index in [-0.39, 0.29) is 18.1 Å². The number of aryl methyl sites for hydroxylation is 1. The van der Waals surface area contributed by atoms with E-state index in [1.54, 1.807) is 4.90 Å². The molecule has 1 unspecified atom stereocenters. The number of ether oxygens (including phenoxy) is 2. The summed E-state index contributed by atoms with van der Waals surface area (Å²) in [6, 6.07) is 7.72. The number of hydrogen-bond donors (Lipinski definition) is 0. The van der Waals surface area contributed by atoms with Gasteiger partial charge < -0.3 is 18.9 Å². The van der Waals surface area contributed by atoms with E-state index in [4.69, 9.17) is 13.7 Å². The van der Waals surface area contributed by atoms with Crippen molar-refractivity contribution in [2.75, 3.05) is 13.2 Å². The molecule has 0 radical (unpaired) electrons. The van der Waals surface area contributed by atoms with Crippen LogP contribution in [0.1, 0.15) is 61.1 Å². The van der Waals surface area contributed by atoms with Crippen LogP contribution in [-0.4, -0.2) is 49.5 Å². The average Bonchev–Trinajstić information content (AvgIpc) is 3.17. The molecule has 0 saturated carbocycles. The molecule has 1 aliphatic heterocycles. The van der Waals surface area contributed by atoms with E-state index < -0.39 is 23.1 Å². The van der Waals surface area contributed by atoms with Crippen LogP contribution in [0, 0.1) is 19.8 Å². The molecule has 4 rings (SSSR count). The van der Waals surface area contributed by atoms with Crippen LogP contribution in [0.25, 0.3) is 0 Å². The van der Waals surface area contributed by atoms with Gasteiger partial charge in [-0.3, -0.25) is 4.18 Å². The lowest BCUT2D eigenvalue weighted by molar-refractivity contribution is -0.0145. The summed E-state index contributed by atoms with van der Waals surface area (Å²) in [5.74, 6) is 0.510. The van der Waals surface area contributed by atoms with Gasteiger partial charge in [0.2, 0.25) is 5.88 Å². The molecule has 190 valence electrons. The highest BCUT2D eigenvalue weighted by atomic mass is 32.2. The first-order valence-corrected chi connectivity index (χ1v) is 12.9. The monoisotopic (exact) mass is 501 g/mol. The minimum Gasteiger partial charge on any atom is -0.750 e. The summed E-state index contributed by atoms with van der Waals surface area (Å²) in [5.41, 5.74) is 4.55. The predicted molar refractivity (Wildman–Crippen MR) is 131 cm³/mol. The number of fused-ring (bicyclic) bond motifs is 1. The third-order valence-corrected chi connectivity index (χ3v) is 7.01. The van der Waals surface area contributed by atoms with Crippen LogP contribution in [0.4, 0.5) is 4.79 Å². The van der Waals surface area contributed by atoms with Crippen molar-refractivity contribution in [3.8, 4) is 5.88 Å². The molecule has 0 bridgehead atoms. The van der Waals surface area contributed by atoms with E-state index in [2.05, 4.69) is 4.98 Å². The lowest BCUT2D eigenvalue weighted by Gasteiger charge is -2.40. The number of aromatic nitrogens is 1. The highest BCUT2D eigenvalue weighted by molar-refractivity contribution is 7.74. The van der Waals surface area contributed by atoms with Crippen LogP contribution in [0.15, 0.2) is 30.5 Å². The first-order chi connectivity index (χ1) is 16.5. The van der Waals surface area contributed by atoms with Crippen LogP contribution in [0.3, 0.4) is 0 Å². The minimum absolute atomic E-state index is 0.0318. The molecule has 2 aliphatic rings. The maximum absolute atomic E-state index is 12.4. The smallest absolute Gasteiger partial charge is 0.410 e. The van der Waals surface area contributed by atoms with Gasteiger partial charge in [0.25, 0.3) is 0 Å². The lowest BCUT2D eigenvalue weighted by atomic mass is 9.92. The second kappa shape index (κ2) is 10.2. The summed E-state index contributed by atoms with van der Waals surface area (Å²) in [5, 5.41) is 0. The standard InChI is InChI=1S/C26H34N2O6S/c1-16-6-8-18(9-7-16)23(34-35(30)31)19-12-20-14-27-24(17(2)22(20)13-19)32-15-21-10-11-28(21)25(29)33-26(3,4)5/h6-9,14,19,21,23H,10-13,15H2,1-5H3,(H,30,31)/p-1/t19-,21+,23-/m1/s1. The van der Waals surface area contributed by atoms with E-state index in [0.29, 0.717) is 31.9 Å². The van der Waals surface area contributed by atoms with E-state index in [1.807, 2.05) is 65.1 Å². The third-order valence-electron chi connectivity index (χ3n) is 6.65. The van der Waals surface area contributed by atoms with Crippen molar-refractivity contribution in [2.24, 2.45) is 5.92 Å². The molecule has 0 N–H and O–H groups in total. The molecule has 2 aromatic rings. The van der Waals surface area contributed by atoms with Crippen LogP contribution in [0.2, 0.25) is 0 Å². The van der Waals surface area contributed by atoms with Gasteiger partial charge in [-0.1, -0.05) is 29.8 Å². The number of likely N-dealkylation sites (tertiary alicyclic amines) is 1. The second-order valence-corrected chi connectivity index (χ2v) is 11.0. The zero-order chi connectivity index (χ0) is 25.3. The fourth-order valence-corrected chi connectivity index (χ4v) is 5.15. The van der Waals surface area contributed by atoms with Gasteiger partial charge in [0, 0.05) is 18.3 Å². The van der Waals surface area contributed by atoms with E-state index in [0.717, 1.165) is 34.2 Å². The van der Waals surface area contributed by atoms with Crippen molar-refractivity contribution in [3.63, 3.8) is 0 Å². The van der Waals surface area contributed by atoms with Crippen molar-refractivity contribution in [2.45, 2.75) is 71.6 Å². The number of amides is 1. The Morgan fingerprint density at radius 3 is 2.54 bits per heavy atom. The molecule has 1 amide bonds. The fraction of sp³-hybridized carbons (Fsp3) is 0.538. The highest BCUT2D eigenvalue weighted by Gasteiger charge is 2.37. The summed E-state index contributed by atoms with van der Waals surface area (Å²) in [6.45, 7) is 10.5. The van der Waals surface area contributed by atoms with Gasteiger partial charge in [0.05, 0.1) is 17.4 Å². The van der Waals surface area contributed by atoms with Crippen LogP contribution in [-0.2, 0) is 33.1 Å². The van der Waals surface area contributed by atoms with Gasteiger partial charge in [0.1, 0.15) is 18.3 Å². The Morgan fingerprint density at radius 1 is 1.23 bits per heavy atom. The number of benzene rings is 1. The predicted octanol–water partition coefficient (Wildman–Crippen LogP) is 4.35. The van der Waals surface area contributed by atoms with Crippen LogP contribution in [0.5, 0.6) is 5.88 Å². The Hall–Kier alpha value is -2.49. The number of carbonyl (C=O) groups is 1. The Morgan fingerprint density at radius 2 is 1.94 bits per heavy atom. The van der Waals surface area contributed by atoms with Gasteiger partial charge in [-0.25, -0.2) is 14.0 Å². The van der Waals surface area contributed by atoms with Crippen molar-refractivity contribution in [3.05, 3.63) is 58.3 Å². The Bertz CT molecular complexity index is 1100. The molecule has 2 heterocycles. The molecule has 9 heteroatoms. The van der Waals surface area contributed by atoms with E-state index >= 15 is 0 Å². The SMILES string of the molecule is Cc1ccc([C@@H](OS(=O)[O-])[C@@H]2Cc3cnc(OC[C@@H]4CCN4C(=O)OC(C)(C)C)c(C)c3C2)cc1. The van der Waals surface area contributed by atoms with Gasteiger partial charge in [0.15, 0.2) is 0 Å². The number of carbonyl (C=O) groups excluding carboxylic acids is 1. The van der Waals surface area contributed by atoms with Gasteiger partial charge in [-0.15, -0.1) is 0 Å². The summed E-state index contributed by atoms with van der Waals surface area (Å²) < 4.78 is 39.8. The number of rotatable bonds is 7. The maximum Gasteiger partial charge on any atom is 0.410 e. The molecule has 0 spiro atoms. The van der Waals surface area contributed by atoms with Gasteiger partial charge >= 0.3 is 6.09 Å². The molecule has 1 aliphatic carbocycles. The molecular formula is C26H33N2O6S-. The highest BCUT2D eigenvalue weighted by Crippen LogP contribution is 2.40. The first-order valence-electron chi connectivity index (χ1n) is 11.9. The van der Waals surface area contributed by atoms with Gasteiger partial charge in [-0.05, 0) is 76.5 Å². The Balaban J connectivity index is 1.43. The van der Waals surface area contributed by atoms with Crippen LogP contribution < -0.4 is 4.74 Å². The summed E-state index contributed by atoms with van der Waals surface area (Å²) in [7, 11) is 0. The second-order valence-electron chi connectivity index (χ2n) is 10.4. The largest absolute Gasteiger partial charge is 0.750 e. The molecule has 1 aromatic heterocycles. The molecule has 4 atom stereocenters. The fourth-order valence-electron chi connectivity index (χ4n) is 4.71. The molecule has 1 fully saturated rings. The van der Waals surface area contributed by atoms with Crippen LogP contribution >= 0.6 is 0 Å². The maximum atomic E-state index is 12.4. The number of hydrogen-bond acceptors (Lipinski definition) is 7. The van der Waals surface area contributed by atoms with Gasteiger partial charge in [-0.2, -0.15) is 0 Å². The average molecular weight is 502 g/mol. The van der Waals surface area contributed by atoms with E-state index in [9.17, 15) is 13.6 Å². The topological polar surface area (TPSA) is 101 Å². The zero-order valence-electron chi connectivity index (χ0n) is 20.9.